The molecule has 0 bridgehead atoms. The molecule has 3 nitrogen and oxygen atoms in total. The molecule has 0 saturated carbocycles. The molecule has 22 heavy (non-hydrogen) atoms. The van der Waals surface area contributed by atoms with E-state index in [-0.39, 0.29) is 0 Å². The van der Waals surface area contributed by atoms with Crippen LogP contribution >= 0.6 is 0 Å². The number of nitrogen functional groups attached to an aromatic ring is 1. The lowest BCUT2D eigenvalue weighted by atomic mass is 10.1. The van der Waals surface area contributed by atoms with Crippen LogP contribution in [0.3, 0.4) is 0 Å². The van der Waals surface area contributed by atoms with Crippen LogP contribution in [-0.4, -0.2) is 13.2 Å². The zero-order valence-corrected chi connectivity index (χ0v) is 13.7. The number of anilines is 1. The fraction of sp³-hybridized carbons (Fsp3) is 0.368. The molecule has 2 aromatic carbocycles. The summed E-state index contributed by atoms with van der Waals surface area (Å²) in [4.78, 5) is 0. The third-order valence-corrected chi connectivity index (χ3v) is 3.65. The number of unbranched alkanes of at least 4 members (excludes halogenated alkanes) is 1. The standard InChI is InChI=1S/C19H25NO2/c1-14-6-9-19(16(3)12-14)22-11-5-4-10-21-17-8-7-15(2)18(20)13-17/h6-9,12-13H,4-5,10-11,20H2,1-3H3. The molecule has 118 valence electrons. The first-order chi connectivity index (χ1) is 10.6. The van der Waals surface area contributed by atoms with Gasteiger partial charge in [-0.2, -0.15) is 0 Å². The Morgan fingerprint density at radius 2 is 1.55 bits per heavy atom. The zero-order valence-electron chi connectivity index (χ0n) is 13.7. The summed E-state index contributed by atoms with van der Waals surface area (Å²) in [7, 11) is 0. The van der Waals surface area contributed by atoms with Crippen molar-refractivity contribution in [1.82, 2.24) is 0 Å². The summed E-state index contributed by atoms with van der Waals surface area (Å²) in [6.45, 7) is 7.55. The molecule has 0 atom stereocenters. The van der Waals surface area contributed by atoms with Crippen molar-refractivity contribution in [3.05, 3.63) is 53.1 Å². The Hall–Kier alpha value is -2.16. The lowest BCUT2D eigenvalue weighted by Crippen LogP contribution is -2.03. The second-order valence-electron chi connectivity index (χ2n) is 5.69. The Morgan fingerprint density at radius 3 is 2.23 bits per heavy atom. The number of hydrogen-bond acceptors (Lipinski definition) is 3. The van der Waals surface area contributed by atoms with Gasteiger partial charge in [-0.05, 0) is 56.9 Å². The summed E-state index contributed by atoms with van der Waals surface area (Å²) in [6.07, 6.45) is 1.92. The smallest absolute Gasteiger partial charge is 0.122 e. The van der Waals surface area contributed by atoms with E-state index >= 15 is 0 Å². The van der Waals surface area contributed by atoms with Crippen molar-refractivity contribution in [3.8, 4) is 11.5 Å². The van der Waals surface area contributed by atoms with E-state index < -0.39 is 0 Å². The van der Waals surface area contributed by atoms with Gasteiger partial charge in [-0.25, -0.2) is 0 Å². The number of nitrogens with two attached hydrogens (primary N) is 1. The summed E-state index contributed by atoms with van der Waals surface area (Å²) < 4.78 is 11.5. The quantitative estimate of drug-likeness (QED) is 0.607. The van der Waals surface area contributed by atoms with Crippen molar-refractivity contribution in [2.75, 3.05) is 18.9 Å². The van der Waals surface area contributed by atoms with E-state index in [2.05, 4.69) is 26.0 Å². The van der Waals surface area contributed by atoms with E-state index in [1.165, 1.54) is 11.1 Å². The lowest BCUT2D eigenvalue weighted by molar-refractivity contribution is 0.265. The van der Waals surface area contributed by atoms with Crippen molar-refractivity contribution >= 4 is 5.69 Å². The fourth-order valence-corrected chi connectivity index (χ4v) is 2.25. The highest BCUT2D eigenvalue weighted by Gasteiger charge is 2.00. The molecule has 2 N–H and O–H groups in total. The monoisotopic (exact) mass is 299 g/mol. The van der Waals surface area contributed by atoms with Gasteiger partial charge in [0.25, 0.3) is 0 Å². The molecule has 0 saturated heterocycles. The highest BCUT2D eigenvalue weighted by atomic mass is 16.5. The SMILES string of the molecule is Cc1ccc(OCCCCOc2ccc(C)c(N)c2)c(C)c1. The predicted molar refractivity (Wildman–Crippen MR) is 91.7 cm³/mol. The van der Waals surface area contributed by atoms with Crippen LogP contribution in [0, 0.1) is 20.8 Å². The third-order valence-electron chi connectivity index (χ3n) is 3.65. The Balaban J connectivity index is 1.66. The van der Waals surface area contributed by atoms with Crippen molar-refractivity contribution in [3.63, 3.8) is 0 Å². The molecule has 0 amide bonds. The maximum atomic E-state index is 5.86. The van der Waals surface area contributed by atoms with Gasteiger partial charge in [0.1, 0.15) is 11.5 Å². The third kappa shape index (κ3) is 4.69. The van der Waals surface area contributed by atoms with Crippen LogP contribution in [0.2, 0.25) is 0 Å². The molecule has 0 aliphatic rings. The number of benzene rings is 2. The molecule has 3 heteroatoms. The molecular weight excluding hydrogens is 274 g/mol. The molecule has 0 spiro atoms. The highest BCUT2D eigenvalue weighted by Crippen LogP contribution is 2.20. The number of aryl methyl sites for hydroxylation is 3. The van der Waals surface area contributed by atoms with Crippen molar-refractivity contribution in [2.45, 2.75) is 33.6 Å². The lowest BCUT2D eigenvalue weighted by Gasteiger charge is -2.10. The predicted octanol–water partition coefficient (Wildman–Crippen LogP) is 4.43. The maximum Gasteiger partial charge on any atom is 0.122 e. The number of hydrogen-bond donors (Lipinski definition) is 1. The van der Waals surface area contributed by atoms with Crippen LogP contribution in [0.5, 0.6) is 11.5 Å². The Kier molecular flexibility index (Phi) is 5.70. The molecule has 0 radical (unpaired) electrons. The first kappa shape index (κ1) is 16.2. The number of ether oxygens (including phenoxy) is 2. The van der Waals surface area contributed by atoms with Crippen molar-refractivity contribution < 1.29 is 9.47 Å². The molecule has 0 unspecified atom stereocenters. The van der Waals surface area contributed by atoms with Crippen LogP contribution in [0.4, 0.5) is 5.69 Å². The van der Waals surface area contributed by atoms with Crippen LogP contribution in [-0.2, 0) is 0 Å². The van der Waals surface area contributed by atoms with Gasteiger partial charge >= 0.3 is 0 Å². The van der Waals surface area contributed by atoms with Gasteiger partial charge < -0.3 is 15.2 Å². The van der Waals surface area contributed by atoms with Crippen molar-refractivity contribution in [2.24, 2.45) is 0 Å². The zero-order chi connectivity index (χ0) is 15.9. The first-order valence-corrected chi connectivity index (χ1v) is 7.75. The second kappa shape index (κ2) is 7.74. The van der Waals surface area contributed by atoms with E-state index in [1.54, 1.807) is 0 Å². The van der Waals surface area contributed by atoms with Gasteiger partial charge in [0.15, 0.2) is 0 Å². The summed E-state index contributed by atoms with van der Waals surface area (Å²) >= 11 is 0. The molecule has 2 aromatic rings. The molecule has 0 aromatic heterocycles. The molecule has 0 aliphatic heterocycles. The van der Waals surface area contributed by atoms with Gasteiger partial charge in [-0.1, -0.05) is 23.8 Å². The molecule has 0 heterocycles. The van der Waals surface area contributed by atoms with Gasteiger partial charge in [0, 0.05) is 11.8 Å². The van der Waals surface area contributed by atoms with E-state index in [9.17, 15) is 0 Å². The Bertz CT molecular complexity index is 623. The van der Waals surface area contributed by atoms with Gasteiger partial charge in [-0.15, -0.1) is 0 Å². The summed E-state index contributed by atoms with van der Waals surface area (Å²) in [6, 6.07) is 12.1. The average molecular weight is 299 g/mol. The molecule has 2 rings (SSSR count). The molecule has 0 aliphatic carbocycles. The number of rotatable bonds is 7. The van der Waals surface area contributed by atoms with E-state index in [0.717, 1.165) is 35.6 Å². The first-order valence-electron chi connectivity index (χ1n) is 7.75. The summed E-state index contributed by atoms with van der Waals surface area (Å²) in [5.74, 6) is 1.80. The van der Waals surface area contributed by atoms with E-state index in [4.69, 9.17) is 15.2 Å². The maximum absolute atomic E-state index is 5.86. The molecular formula is C19H25NO2. The Labute approximate surface area is 133 Å². The van der Waals surface area contributed by atoms with Gasteiger partial charge in [0.05, 0.1) is 13.2 Å². The van der Waals surface area contributed by atoms with Crippen LogP contribution in [0.1, 0.15) is 29.5 Å². The van der Waals surface area contributed by atoms with Crippen molar-refractivity contribution in [1.29, 1.82) is 0 Å². The molecule has 0 fully saturated rings. The fourth-order valence-electron chi connectivity index (χ4n) is 2.25. The second-order valence-corrected chi connectivity index (χ2v) is 5.69. The Morgan fingerprint density at radius 1 is 0.818 bits per heavy atom. The summed E-state index contributed by atoms with van der Waals surface area (Å²) in [5.41, 5.74) is 10.2. The minimum absolute atomic E-state index is 0.679. The summed E-state index contributed by atoms with van der Waals surface area (Å²) in [5, 5.41) is 0. The van der Waals surface area contributed by atoms with Gasteiger partial charge in [0.2, 0.25) is 0 Å². The minimum atomic E-state index is 0.679. The van der Waals surface area contributed by atoms with E-state index in [0.29, 0.717) is 13.2 Å². The topological polar surface area (TPSA) is 44.5 Å². The van der Waals surface area contributed by atoms with Gasteiger partial charge in [-0.3, -0.25) is 0 Å². The highest BCUT2D eigenvalue weighted by molar-refractivity contribution is 5.50. The largest absolute Gasteiger partial charge is 0.494 e. The van der Waals surface area contributed by atoms with Crippen LogP contribution < -0.4 is 15.2 Å². The average Bonchev–Trinajstić information content (AvgIpc) is 2.48. The minimum Gasteiger partial charge on any atom is -0.494 e. The normalized spacial score (nSPS) is 10.5. The van der Waals surface area contributed by atoms with Crippen LogP contribution in [0.15, 0.2) is 36.4 Å². The van der Waals surface area contributed by atoms with Crippen LogP contribution in [0.25, 0.3) is 0 Å². The van der Waals surface area contributed by atoms with E-state index in [1.807, 2.05) is 31.2 Å².